The number of carbonyl (C=O) groups excluding carboxylic acids is 3. The van der Waals surface area contributed by atoms with Crippen LogP contribution in [0.15, 0.2) is 84.9 Å². The summed E-state index contributed by atoms with van der Waals surface area (Å²) in [5.74, 6) is -1.15. The molecule has 35 heavy (non-hydrogen) atoms. The van der Waals surface area contributed by atoms with Gasteiger partial charge in [0.05, 0.1) is 24.3 Å². The van der Waals surface area contributed by atoms with Crippen LogP contribution in [0.25, 0.3) is 0 Å². The molecule has 0 atom stereocenters. The summed E-state index contributed by atoms with van der Waals surface area (Å²) in [5, 5.41) is 8.32. The third-order valence-electron chi connectivity index (χ3n) is 5.02. The molecule has 0 aliphatic carbocycles. The molecule has 2 amide bonds. The number of nitrogens with one attached hydrogen (secondary N) is 3. The Morgan fingerprint density at radius 2 is 1.40 bits per heavy atom. The molecule has 0 aliphatic heterocycles. The van der Waals surface area contributed by atoms with E-state index < -0.39 is 11.9 Å². The first-order chi connectivity index (χ1) is 17.0. The monoisotopic (exact) mass is 489 g/mol. The van der Waals surface area contributed by atoms with E-state index in [0.29, 0.717) is 24.2 Å². The van der Waals surface area contributed by atoms with Crippen molar-refractivity contribution >= 4 is 40.8 Å². The van der Waals surface area contributed by atoms with Crippen molar-refractivity contribution in [2.75, 3.05) is 11.9 Å². The number of carbonyl (C=O) groups is 3. The van der Waals surface area contributed by atoms with E-state index in [2.05, 4.69) is 16.0 Å². The van der Waals surface area contributed by atoms with E-state index in [9.17, 15) is 14.4 Å². The van der Waals surface area contributed by atoms with Crippen molar-refractivity contribution in [3.05, 3.63) is 102 Å². The van der Waals surface area contributed by atoms with Gasteiger partial charge in [0.1, 0.15) is 0 Å². The van der Waals surface area contributed by atoms with Gasteiger partial charge >= 0.3 is 5.97 Å². The number of esters is 1. The predicted molar refractivity (Wildman–Crippen MR) is 139 cm³/mol. The van der Waals surface area contributed by atoms with Crippen LogP contribution < -0.4 is 16.0 Å². The zero-order valence-electron chi connectivity index (χ0n) is 19.2. The van der Waals surface area contributed by atoms with Gasteiger partial charge in [0.2, 0.25) is 5.91 Å². The highest BCUT2D eigenvalue weighted by molar-refractivity contribution is 7.80. The van der Waals surface area contributed by atoms with Crippen LogP contribution in [0.3, 0.4) is 0 Å². The van der Waals surface area contributed by atoms with E-state index in [1.54, 1.807) is 24.3 Å². The number of rotatable bonds is 10. The van der Waals surface area contributed by atoms with Gasteiger partial charge in [-0.1, -0.05) is 72.8 Å². The Bertz CT molecular complexity index is 1150. The molecule has 3 aromatic rings. The number of hydrogen-bond acceptors (Lipinski definition) is 5. The highest BCUT2D eigenvalue weighted by atomic mass is 32.1. The Balaban J connectivity index is 1.41. The van der Waals surface area contributed by atoms with Crippen molar-refractivity contribution in [2.24, 2.45) is 0 Å². The topological polar surface area (TPSA) is 96.5 Å². The molecule has 0 unspecified atom stereocenters. The Morgan fingerprint density at radius 1 is 0.771 bits per heavy atom. The van der Waals surface area contributed by atoms with Gasteiger partial charge in [0.25, 0.3) is 5.91 Å². The predicted octanol–water partition coefficient (Wildman–Crippen LogP) is 4.00. The molecular weight excluding hydrogens is 462 g/mol. The first kappa shape index (κ1) is 25.6. The number of hydrogen-bond donors (Lipinski definition) is 3. The number of benzene rings is 3. The first-order valence-corrected chi connectivity index (χ1v) is 11.6. The van der Waals surface area contributed by atoms with Crippen LogP contribution >= 0.6 is 12.2 Å². The lowest BCUT2D eigenvalue weighted by atomic mass is 10.1. The minimum absolute atomic E-state index is 0.0377. The van der Waals surface area contributed by atoms with Crippen LogP contribution in [0, 0.1) is 0 Å². The first-order valence-electron chi connectivity index (χ1n) is 11.2. The summed E-state index contributed by atoms with van der Waals surface area (Å²) >= 11 is 5.21. The van der Waals surface area contributed by atoms with E-state index in [-0.39, 0.29) is 30.5 Å². The molecule has 3 rings (SSSR count). The number of anilines is 1. The van der Waals surface area contributed by atoms with Gasteiger partial charge in [-0.05, 0) is 35.5 Å². The number of thiocarbonyl (C=S) groups is 1. The lowest BCUT2D eigenvalue weighted by Crippen LogP contribution is -2.35. The lowest BCUT2D eigenvalue weighted by Gasteiger charge is -2.13. The third kappa shape index (κ3) is 9.02. The van der Waals surface area contributed by atoms with Gasteiger partial charge in [-0.2, -0.15) is 0 Å². The number of amides is 2. The van der Waals surface area contributed by atoms with E-state index >= 15 is 0 Å². The van der Waals surface area contributed by atoms with Gasteiger partial charge in [0.15, 0.2) is 5.11 Å². The summed E-state index contributed by atoms with van der Waals surface area (Å²) in [6.45, 7) is 0.643. The molecule has 0 radical (unpaired) electrons. The van der Waals surface area contributed by atoms with Gasteiger partial charge in [-0.3, -0.25) is 14.4 Å². The molecule has 8 heteroatoms. The van der Waals surface area contributed by atoms with E-state index in [1.165, 1.54) is 0 Å². The lowest BCUT2D eigenvalue weighted by molar-refractivity contribution is -0.144. The maximum atomic E-state index is 12.7. The second-order valence-electron chi connectivity index (χ2n) is 7.67. The van der Waals surface area contributed by atoms with Crippen molar-refractivity contribution in [1.29, 1.82) is 0 Å². The summed E-state index contributed by atoms with van der Waals surface area (Å²) in [4.78, 5) is 36.8. The van der Waals surface area contributed by atoms with Gasteiger partial charge in [0, 0.05) is 19.4 Å². The summed E-state index contributed by atoms with van der Waals surface area (Å²) in [7, 11) is 0. The fourth-order valence-corrected chi connectivity index (χ4v) is 3.45. The highest BCUT2D eigenvalue weighted by Gasteiger charge is 2.14. The normalized spacial score (nSPS) is 10.2. The van der Waals surface area contributed by atoms with Crippen molar-refractivity contribution in [3.63, 3.8) is 0 Å². The molecular formula is C27H27N3O4S. The number of para-hydroxylation sites is 1. The minimum Gasteiger partial charge on any atom is -0.465 e. The standard InChI is InChI=1S/C27H27N3O4S/c31-24(15-16-25(32)34-18-17-20-9-3-1-4-10-20)30-27(35)29-23-14-8-7-13-22(23)26(33)28-19-21-11-5-2-6-12-21/h1-14H,15-19H2,(H,28,33)(H2,29,30,31,35). The fourth-order valence-electron chi connectivity index (χ4n) is 3.22. The molecule has 0 spiro atoms. The molecule has 0 heterocycles. The quantitative estimate of drug-likeness (QED) is 0.294. The molecule has 3 aromatic carbocycles. The van der Waals surface area contributed by atoms with Gasteiger partial charge in [-0.25, -0.2) is 0 Å². The summed E-state index contributed by atoms with van der Waals surface area (Å²) < 4.78 is 5.18. The van der Waals surface area contributed by atoms with Gasteiger partial charge < -0.3 is 20.7 Å². The van der Waals surface area contributed by atoms with Crippen LogP contribution in [0.1, 0.15) is 34.3 Å². The van der Waals surface area contributed by atoms with E-state index in [0.717, 1.165) is 11.1 Å². The second-order valence-corrected chi connectivity index (χ2v) is 8.08. The average Bonchev–Trinajstić information content (AvgIpc) is 2.87. The molecule has 7 nitrogen and oxygen atoms in total. The minimum atomic E-state index is -0.449. The zero-order valence-corrected chi connectivity index (χ0v) is 20.0. The molecule has 0 bridgehead atoms. The number of ether oxygens (including phenoxy) is 1. The largest absolute Gasteiger partial charge is 0.465 e. The Morgan fingerprint density at radius 3 is 2.11 bits per heavy atom. The molecule has 180 valence electrons. The van der Waals surface area contributed by atoms with E-state index in [4.69, 9.17) is 17.0 Å². The Labute approximate surface area is 209 Å². The van der Waals surface area contributed by atoms with Crippen LogP contribution in [-0.4, -0.2) is 29.5 Å². The van der Waals surface area contributed by atoms with Crippen LogP contribution in [0.2, 0.25) is 0 Å². The molecule has 0 saturated heterocycles. The van der Waals surface area contributed by atoms with Crippen molar-refractivity contribution in [1.82, 2.24) is 10.6 Å². The average molecular weight is 490 g/mol. The van der Waals surface area contributed by atoms with Crippen molar-refractivity contribution < 1.29 is 19.1 Å². The molecule has 0 fully saturated rings. The summed E-state index contributed by atoms with van der Waals surface area (Å²) in [6.07, 6.45) is 0.498. The van der Waals surface area contributed by atoms with Crippen LogP contribution in [0.5, 0.6) is 0 Å². The zero-order chi connectivity index (χ0) is 24.9. The molecule has 0 aliphatic rings. The second kappa shape index (κ2) is 13.6. The van der Waals surface area contributed by atoms with Crippen LogP contribution in [-0.2, 0) is 27.3 Å². The third-order valence-corrected chi connectivity index (χ3v) is 5.23. The molecule has 3 N–H and O–H groups in total. The highest BCUT2D eigenvalue weighted by Crippen LogP contribution is 2.15. The summed E-state index contributed by atoms with van der Waals surface area (Å²) in [5.41, 5.74) is 2.90. The maximum absolute atomic E-state index is 12.7. The fraction of sp³-hybridized carbons (Fsp3) is 0.185. The SMILES string of the molecule is O=C(CCC(=O)OCCc1ccccc1)NC(=S)Nc1ccccc1C(=O)NCc1ccccc1. The molecule has 0 aromatic heterocycles. The van der Waals surface area contributed by atoms with Gasteiger partial charge in [-0.15, -0.1) is 0 Å². The Kier molecular flexibility index (Phi) is 9.95. The maximum Gasteiger partial charge on any atom is 0.306 e. The van der Waals surface area contributed by atoms with Crippen molar-refractivity contribution in [3.8, 4) is 0 Å². The van der Waals surface area contributed by atoms with Crippen LogP contribution in [0.4, 0.5) is 5.69 Å². The van der Waals surface area contributed by atoms with Crippen molar-refractivity contribution in [2.45, 2.75) is 25.8 Å². The molecule has 0 saturated carbocycles. The smallest absolute Gasteiger partial charge is 0.306 e. The summed E-state index contributed by atoms with van der Waals surface area (Å²) in [6, 6.07) is 26.1. The van der Waals surface area contributed by atoms with E-state index in [1.807, 2.05) is 60.7 Å². The Hall–Kier alpha value is -4.04.